The molecule has 1 atom stereocenters. The van der Waals surface area contributed by atoms with E-state index in [9.17, 15) is 18.0 Å². The maximum Gasteiger partial charge on any atom is 0.341 e. The Morgan fingerprint density at radius 3 is 2.65 bits per heavy atom. The summed E-state index contributed by atoms with van der Waals surface area (Å²) in [4.78, 5) is 25.7. The number of nitrogens with one attached hydrogen (secondary N) is 1. The molecule has 1 aliphatic heterocycles. The van der Waals surface area contributed by atoms with Crippen LogP contribution in [-0.4, -0.2) is 62.7 Å². The van der Waals surface area contributed by atoms with Crippen molar-refractivity contribution in [3.8, 4) is 0 Å². The normalized spacial score (nSPS) is 16.7. The van der Waals surface area contributed by atoms with E-state index in [4.69, 9.17) is 16.3 Å². The Morgan fingerprint density at radius 1 is 1.48 bits per heavy atom. The Kier molecular flexibility index (Phi) is 5.50. The molecule has 1 N–H and O–H groups in total. The number of rotatable bonds is 5. The molecule has 2 heterocycles. The van der Waals surface area contributed by atoms with Gasteiger partial charge in [-0.05, 0) is 12.1 Å². The molecule has 11 heteroatoms. The summed E-state index contributed by atoms with van der Waals surface area (Å²) in [5, 5.41) is 2.57. The smallest absolute Gasteiger partial charge is 0.341 e. The summed E-state index contributed by atoms with van der Waals surface area (Å²) < 4.78 is 29.4. The molecule has 0 unspecified atom stereocenters. The standard InChI is InChI=1S/C12H16ClN3O5S2/c1-21-8(9-3-4-10(13)22-9)7-14-11(17)15-5-6-16(12(15)18)23(2,19)20/h3-4,8H,5-7H2,1-2H3,(H,14,17)/t8-/m0/s1. The van der Waals surface area contributed by atoms with Crippen molar-refractivity contribution < 1.29 is 22.7 Å². The van der Waals surface area contributed by atoms with Crippen molar-refractivity contribution in [2.45, 2.75) is 6.10 Å². The molecule has 128 valence electrons. The Balaban J connectivity index is 1.96. The topological polar surface area (TPSA) is 96.0 Å². The van der Waals surface area contributed by atoms with E-state index in [0.717, 1.165) is 16.0 Å². The number of amides is 4. The molecule has 1 aliphatic rings. The van der Waals surface area contributed by atoms with Crippen LogP contribution in [0.5, 0.6) is 0 Å². The molecular formula is C12H16ClN3O5S2. The lowest BCUT2D eigenvalue weighted by atomic mass is 10.3. The SMILES string of the molecule is CO[C@@H](CNC(=O)N1CCN(S(C)(=O)=O)C1=O)c1ccc(Cl)s1. The highest BCUT2D eigenvalue weighted by Gasteiger charge is 2.38. The van der Waals surface area contributed by atoms with Crippen LogP contribution in [0.25, 0.3) is 0 Å². The van der Waals surface area contributed by atoms with Gasteiger partial charge in [0.25, 0.3) is 0 Å². The minimum Gasteiger partial charge on any atom is -0.374 e. The molecule has 1 aromatic heterocycles. The van der Waals surface area contributed by atoms with Gasteiger partial charge in [0.15, 0.2) is 0 Å². The summed E-state index contributed by atoms with van der Waals surface area (Å²) in [5.74, 6) is 0. The molecule has 0 bridgehead atoms. The van der Waals surface area contributed by atoms with Crippen molar-refractivity contribution in [1.82, 2.24) is 14.5 Å². The van der Waals surface area contributed by atoms with Gasteiger partial charge in [0.2, 0.25) is 10.0 Å². The van der Waals surface area contributed by atoms with Gasteiger partial charge in [0.05, 0.1) is 30.2 Å². The van der Waals surface area contributed by atoms with E-state index >= 15 is 0 Å². The van der Waals surface area contributed by atoms with Gasteiger partial charge >= 0.3 is 12.1 Å². The molecule has 0 aromatic carbocycles. The number of thiophene rings is 1. The van der Waals surface area contributed by atoms with Gasteiger partial charge in [-0.3, -0.25) is 0 Å². The van der Waals surface area contributed by atoms with Gasteiger partial charge in [-0.2, -0.15) is 0 Å². The second-order valence-electron chi connectivity index (χ2n) is 4.82. The fraction of sp³-hybridized carbons (Fsp3) is 0.500. The lowest BCUT2D eigenvalue weighted by Gasteiger charge is -2.19. The number of ether oxygens (including phenoxy) is 1. The molecule has 4 amide bonds. The van der Waals surface area contributed by atoms with Crippen LogP contribution >= 0.6 is 22.9 Å². The van der Waals surface area contributed by atoms with E-state index in [1.165, 1.54) is 18.4 Å². The highest BCUT2D eigenvalue weighted by molar-refractivity contribution is 7.88. The molecule has 0 saturated carbocycles. The van der Waals surface area contributed by atoms with Crippen LogP contribution in [0.1, 0.15) is 11.0 Å². The monoisotopic (exact) mass is 381 g/mol. The van der Waals surface area contributed by atoms with Crippen molar-refractivity contribution in [3.63, 3.8) is 0 Å². The number of nitrogens with zero attached hydrogens (tertiary/aromatic N) is 2. The molecule has 1 fully saturated rings. The van der Waals surface area contributed by atoms with Crippen LogP contribution in [0.4, 0.5) is 9.59 Å². The largest absolute Gasteiger partial charge is 0.374 e. The number of sulfonamides is 1. The minimum atomic E-state index is -3.67. The van der Waals surface area contributed by atoms with E-state index in [-0.39, 0.29) is 19.6 Å². The molecule has 0 radical (unpaired) electrons. The van der Waals surface area contributed by atoms with Crippen molar-refractivity contribution in [1.29, 1.82) is 0 Å². The second kappa shape index (κ2) is 7.04. The van der Waals surface area contributed by atoms with Crippen LogP contribution in [0.2, 0.25) is 4.34 Å². The van der Waals surface area contributed by atoms with Crippen LogP contribution in [0.3, 0.4) is 0 Å². The number of urea groups is 2. The van der Waals surface area contributed by atoms with Gasteiger partial charge in [-0.25, -0.2) is 27.2 Å². The van der Waals surface area contributed by atoms with E-state index in [1.807, 2.05) is 0 Å². The summed E-state index contributed by atoms with van der Waals surface area (Å²) in [5.41, 5.74) is 0. The number of methoxy groups -OCH3 is 1. The molecule has 0 spiro atoms. The Bertz CT molecular complexity index is 705. The number of hydrogen-bond acceptors (Lipinski definition) is 6. The van der Waals surface area contributed by atoms with Gasteiger partial charge in [-0.15, -0.1) is 11.3 Å². The third kappa shape index (κ3) is 4.14. The third-order valence-corrected chi connectivity index (χ3v) is 5.71. The minimum absolute atomic E-state index is 0.0141. The summed E-state index contributed by atoms with van der Waals surface area (Å²) in [7, 11) is -2.17. The molecule has 1 saturated heterocycles. The zero-order chi connectivity index (χ0) is 17.2. The number of imide groups is 1. The van der Waals surface area contributed by atoms with Gasteiger partial charge < -0.3 is 10.1 Å². The van der Waals surface area contributed by atoms with Gasteiger partial charge in [0, 0.05) is 12.0 Å². The molecule has 1 aromatic rings. The second-order valence-corrected chi connectivity index (χ2v) is 8.48. The first kappa shape index (κ1) is 18.0. The summed E-state index contributed by atoms with van der Waals surface area (Å²) >= 11 is 7.20. The third-order valence-electron chi connectivity index (χ3n) is 3.25. The number of carbonyl (C=O) groups excluding carboxylic acids is 2. The Morgan fingerprint density at radius 2 is 2.17 bits per heavy atom. The lowest BCUT2D eigenvalue weighted by Crippen LogP contribution is -2.44. The lowest BCUT2D eigenvalue weighted by molar-refractivity contribution is 0.105. The van der Waals surface area contributed by atoms with Gasteiger partial charge in [0.1, 0.15) is 6.10 Å². The average molecular weight is 382 g/mol. The first-order chi connectivity index (χ1) is 10.7. The fourth-order valence-electron chi connectivity index (χ4n) is 2.09. The predicted octanol–water partition coefficient (Wildman–Crippen LogP) is 1.50. The van der Waals surface area contributed by atoms with Crippen molar-refractivity contribution in [2.75, 3.05) is 33.0 Å². The van der Waals surface area contributed by atoms with E-state index < -0.39 is 28.2 Å². The van der Waals surface area contributed by atoms with Crippen LogP contribution in [0, 0.1) is 0 Å². The van der Waals surface area contributed by atoms with Crippen LogP contribution < -0.4 is 5.32 Å². The van der Waals surface area contributed by atoms with Crippen LogP contribution in [0.15, 0.2) is 12.1 Å². The summed E-state index contributed by atoms with van der Waals surface area (Å²) in [6.07, 6.45) is 0.522. The number of carbonyl (C=O) groups is 2. The molecule has 23 heavy (non-hydrogen) atoms. The summed E-state index contributed by atoms with van der Waals surface area (Å²) in [6.45, 7) is 0.106. The van der Waals surface area contributed by atoms with Gasteiger partial charge in [-0.1, -0.05) is 11.6 Å². The molecule has 8 nitrogen and oxygen atoms in total. The Labute approximate surface area is 143 Å². The van der Waals surface area contributed by atoms with E-state index in [0.29, 0.717) is 8.64 Å². The van der Waals surface area contributed by atoms with Crippen molar-refractivity contribution >= 4 is 45.0 Å². The van der Waals surface area contributed by atoms with Crippen LogP contribution in [-0.2, 0) is 14.8 Å². The highest BCUT2D eigenvalue weighted by Crippen LogP contribution is 2.28. The zero-order valence-electron chi connectivity index (χ0n) is 12.5. The maximum atomic E-state index is 12.1. The van der Waals surface area contributed by atoms with E-state index in [1.54, 1.807) is 12.1 Å². The zero-order valence-corrected chi connectivity index (χ0v) is 14.9. The number of halogens is 1. The van der Waals surface area contributed by atoms with Crippen molar-refractivity contribution in [3.05, 3.63) is 21.3 Å². The Hall–Kier alpha value is -1.36. The molecular weight excluding hydrogens is 366 g/mol. The molecule has 0 aliphatic carbocycles. The fourth-order valence-corrected chi connectivity index (χ4v) is 4.02. The average Bonchev–Trinajstić information content (AvgIpc) is 3.05. The molecule has 2 rings (SSSR count). The maximum absolute atomic E-state index is 12.1. The van der Waals surface area contributed by atoms with E-state index in [2.05, 4.69) is 5.32 Å². The number of hydrogen-bond donors (Lipinski definition) is 1. The van der Waals surface area contributed by atoms with Crippen molar-refractivity contribution in [2.24, 2.45) is 0 Å². The quantitative estimate of drug-likeness (QED) is 0.833. The summed E-state index contributed by atoms with van der Waals surface area (Å²) in [6, 6.07) is 2.01. The first-order valence-corrected chi connectivity index (χ1v) is 9.63. The predicted molar refractivity (Wildman–Crippen MR) is 86.1 cm³/mol. The highest BCUT2D eigenvalue weighted by atomic mass is 35.5. The first-order valence-electron chi connectivity index (χ1n) is 6.59.